The number of carbonyl (C=O) groups is 3. The lowest BCUT2D eigenvalue weighted by Gasteiger charge is -2.15. The van der Waals surface area contributed by atoms with Crippen molar-refractivity contribution in [1.82, 2.24) is 10.6 Å². The van der Waals surface area contributed by atoms with Crippen LogP contribution in [0.5, 0.6) is 0 Å². The van der Waals surface area contributed by atoms with Crippen molar-refractivity contribution in [3.8, 4) is 11.1 Å². The predicted molar refractivity (Wildman–Crippen MR) is 136 cm³/mol. The van der Waals surface area contributed by atoms with Gasteiger partial charge >= 0.3 is 6.09 Å². The van der Waals surface area contributed by atoms with Crippen molar-refractivity contribution in [3.05, 3.63) is 58.7 Å². The number of nitrogens with one attached hydrogen (secondary N) is 2. The summed E-state index contributed by atoms with van der Waals surface area (Å²) in [6.45, 7) is 3.28. The van der Waals surface area contributed by atoms with Gasteiger partial charge in [-0.2, -0.15) is 0 Å². The fourth-order valence-corrected chi connectivity index (χ4v) is 4.56. The summed E-state index contributed by atoms with van der Waals surface area (Å²) in [5.41, 5.74) is 5.90. The zero-order chi connectivity index (χ0) is 25.2. The number of alkyl carbamates (subject to hydrolysis) is 1. The smallest absolute Gasteiger partial charge is 0.406 e. The summed E-state index contributed by atoms with van der Waals surface area (Å²) in [6.07, 6.45) is 3.79. The minimum Gasteiger partial charge on any atom is -0.449 e. The van der Waals surface area contributed by atoms with E-state index in [2.05, 4.69) is 35.8 Å². The van der Waals surface area contributed by atoms with Gasteiger partial charge in [-0.25, -0.2) is 4.79 Å². The monoisotopic (exact) mass is 480 g/mol. The molecule has 1 aliphatic carbocycles. The molecule has 0 spiro atoms. The number of methoxy groups -OCH3 is 1. The van der Waals surface area contributed by atoms with Gasteiger partial charge in [-0.1, -0.05) is 49.7 Å². The lowest BCUT2D eigenvalue weighted by atomic mass is 9.93. The molecule has 0 radical (unpaired) electrons. The highest BCUT2D eigenvalue weighted by Gasteiger charge is 2.33. The normalized spacial score (nSPS) is 13.6. The van der Waals surface area contributed by atoms with Crippen molar-refractivity contribution in [3.63, 3.8) is 0 Å². The first-order valence-corrected chi connectivity index (χ1v) is 12.4. The van der Waals surface area contributed by atoms with Gasteiger partial charge in [0.2, 0.25) is 5.91 Å². The molecule has 7 heteroatoms. The maximum Gasteiger partial charge on any atom is 0.406 e. The quantitative estimate of drug-likeness (QED) is 0.322. The number of amides is 2. The van der Waals surface area contributed by atoms with E-state index in [1.54, 1.807) is 7.11 Å². The predicted octanol–water partition coefficient (Wildman–Crippen LogP) is 4.61. The lowest BCUT2D eigenvalue weighted by Crippen LogP contribution is -2.26. The van der Waals surface area contributed by atoms with Crippen molar-refractivity contribution < 1.29 is 23.9 Å². The molecule has 0 heterocycles. The van der Waals surface area contributed by atoms with Crippen molar-refractivity contribution >= 4 is 17.8 Å². The van der Waals surface area contributed by atoms with Gasteiger partial charge in [0.1, 0.15) is 6.61 Å². The van der Waals surface area contributed by atoms with Gasteiger partial charge in [0.15, 0.2) is 5.78 Å². The molecule has 0 bridgehead atoms. The number of Topliss-reactive ketones (excluding diaryl/α,β-unsaturated/α-hetero) is 1. The Labute approximate surface area is 207 Å². The molecule has 0 aliphatic heterocycles. The maximum atomic E-state index is 13.0. The number of aryl methyl sites for hydroxylation is 1. The van der Waals surface area contributed by atoms with Gasteiger partial charge in [0.25, 0.3) is 0 Å². The SMILES string of the molecule is CCCCC(=O)c1cccc2c1-c1ccc(CCCC(=O)NCCOC)cc1C2COC(=O)NC. The lowest BCUT2D eigenvalue weighted by molar-refractivity contribution is -0.121. The molecule has 0 fully saturated rings. The Balaban J connectivity index is 1.83. The van der Waals surface area contributed by atoms with Crippen LogP contribution in [0.3, 0.4) is 0 Å². The highest BCUT2D eigenvalue weighted by Crippen LogP contribution is 2.47. The number of benzene rings is 2. The number of ketones is 1. The summed E-state index contributed by atoms with van der Waals surface area (Å²) in [5, 5.41) is 5.34. The summed E-state index contributed by atoms with van der Waals surface area (Å²) in [4.78, 5) is 36.8. The minimum atomic E-state index is -0.481. The second-order valence-corrected chi connectivity index (χ2v) is 8.82. The fraction of sp³-hybridized carbons (Fsp3) is 0.464. The van der Waals surface area contributed by atoms with Crippen molar-refractivity contribution in [2.45, 2.75) is 51.4 Å². The maximum absolute atomic E-state index is 13.0. The fourth-order valence-electron chi connectivity index (χ4n) is 4.56. The van der Waals surface area contributed by atoms with Crippen LogP contribution in [0.4, 0.5) is 4.79 Å². The topological polar surface area (TPSA) is 93.7 Å². The molecule has 2 amide bonds. The number of fused-ring (bicyclic) bond motifs is 3. The first kappa shape index (κ1) is 26.4. The van der Waals surface area contributed by atoms with Crippen LogP contribution in [0.1, 0.15) is 72.0 Å². The Morgan fingerprint density at radius 1 is 1.03 bits per heavy atom. The minimum absolute atomic E-state index is 0.0164. The number of ether oxygens (including phenoxy) is 2. The number of hydrogen-bond acceptors (Lipinski definition) is 5. The molecule has 0 saturated carbocycles. The molecular weight excluding hydrogens is 444 g/mol. The van der Waals surface area contributed by atoms with Crippen molar-refractivity contribution in [1.29, 1.82) is 0 Å². The van der Waals surface area contributed by atoms with Crippen LogP contribution in [0.25, 0.3) is 11.1 Å². The zero-order valence-electron chi connectivity index (χ0n) is 20.9. The second kappa shape index (κ2) is 13.0. The van der Waals surface area contributed by atoms with Gasteiger partial charge in [-0.05, 0) is 47.1 Å². The molecule has 0 saturated heterocycles. The average molecular weight is 481 g/mol. The van der Waals surface area contributed by atoms with E-state index < -0.39 is 6.09 Å². The van der Waals surface area contributed by atoms with Gasteiger partial charge in [0.05, 0.1) is 6.61 Å². The molecule has 2 aromatic carbocycles. The van der Waals surface area contributed by atoms with E-state index in [1.165, 1.54) is 7.05 Å². The molecule has 2 N–H and O–H groups in total. The molecule has 3 rings (SSSR count). The zero-order valence-corrected chi connectivity index (χ0v) is 20.9. The molecule has 2 aromatic rings. The Hall–Kier alpha value is -3.19. The highest BCUT2D eigenvalue weighted by molar-refractivity contribution is 6.04. The van der Waals surface area contributed by atoms with Crippen LogP contribution >= 0.6 is 0 Å². The Morgan fingerprint density at radius 2 is 1.86 bits per heavy atom. The first-order chi connectivity index (χ1) is 17.0. The van der Waals surface area contributed by atoms with E-state index in [0.29, 0.717) is 26.0 Å². The van der Waals surface area contributed by atoms with Crippen LogP contribution in [-0.4, -0.2) is 51.7 Å². The van der Waals surface area contributed by atoms with E-state index in [0.717, 1.165) is 59.1 Å². The third-order valence-corrected chi connectivity index (χ3v) is 6.37. The molecule has 1 unspecified atom stereocenters. The van der Waals surface area contributed by atoms with Crippen LogP contribution < -0.4 is 10.6 Å². The van der Waals surface area contributed by atoms with Gasteiger partial charge in [-0.15, -0.1) is 0 Å². The van der Waals surface area contributed by atoms with E-state index >= 15 is 0 Å². The largest absolute Gasteiger partial charge is 0.449 e. The summed E-state index contributed by atoms with van der Waals surface area (Å²) < 4.78 is 10.4. The molecule has 1 aliphatic rings. The second-order valence-electron chi connectivity index (χ2n) is 8.82. The average Bonchev–Trinajstić information content (AvgIpc) is 3.18. The number of rotatable bonds is 13. The molecule has 7 nitrogen and oxygen atoms in total. The van der Waals surface area contributed by atoms with Crippen molar-refractivity contribution in [2.24, 2.45) is 0 Å². The summed E-state index contributed by atoms with van der Waals surface area (Å²) in [7, 11) is 3.14. The molecule has 1 atom stereocenters. The summed E-state index contributed by atoms with van der Waals surface area (Å²) in [6, 6.07) is 12.1. The Kier molecular flexibility index (Phi) is 9.85. The van der Waals surface area contributed by atoms with E-state index in [9.17, 15) is 14.4 Å². The highest BCUT2D eigenvalue weighted by atomic mass is 16.5. The van der Waals surface area contributed by atoms with Crippen LogP contribution in [0.2, 0.25) is 0 Å². The third-order valence-electron chi connectivity index (χ3n) is 6.37. The van der Waals surface area contributed by atoms with Crippen LogP contribution in [0.15, 0.2) is 36.4 Å². The summed E-state index contributed by atoms with van der Waals surface area (Å²) >= 11 is 0. The number of unbranched alkanes of at least 4 members (excludes halogenated alkanes) is 1. The first-order valence-electron chi connectivity index (χ1n) is 12.4. The van der Waals surface area contributed by atoms with E-state index in [4.69, 9.17) is 9.47 Å². The molecule has 0 aromatic heterocycles. The Bertz CT molecular complexity index is 1050. The number of hydrogen-bond donors (Lipinski definition) is 2. The third kappa shape index (κ3) is 6.69. The van der Waals surface area contributed by atoms with Gasteiger partial charge in [-0.3, -0.25) is 9.59 Å². The molecule has 35 heavy (non-hydrogen) atoms. The number of carbonyl (C=O) groups excluding carboxylic acids is 3. The van der Waals surface area contributed by atoms with Crippen LogP contribution in [-0.2, 0) is 20.7 Å². The molecular formula is C28H36N2O5. The Morgan fingerprint density at radius 3 is 2.60 bits per heavy atom. The van der Waals surface area contributed by atoms with Crippen LogP contribution in [0, 0.1) is 0 Å². The standard InChI is InChI=1S/C28H36N2O5/c1-4-5-11-25(31)22-10-7-9-20-24(18-35-28(33)29-2)23-17-19(13-14-21(23)27(20)22)8-6-12-26(32)30-15-16-34-3/h7,9-10,13-14,17,24H,4-6,8,11-12,15-16,18H2,1-3H3,(H,29,33)(H,30,32). The van der Waals surface area contributed by atoms with E-state index in [-0.39, 0.29) is 24.2 Å². The summed E-state index contributed by atoms with van der Waals surface area (Å²) in [5.74, 6) is 0.0160. The van der Waals surface area contributed by atoms with Gasteiger partial charge in [0, 0.05) is 45.0 Å². The van der Waals surface area contributed by atoms with E-state index in [1.807, 2.05) is 18.2 Å². The van der Waals surface area contributed by atoms with Crippen molar-refractivity contribution in [2.75, 3.05) is 33.9 Å². The molecule has 188 valence electrons. The van der Waals surface area contributed by atoms with Gasteiger partial charge < -0.3 is 20.1 Å².